The van der Waals surface area contributed by atoms with Gasteiger partial charge >= 0.3 is 0 Å². The SMILES string of the molecule is CN(CC(=O)Nc1cc2cc(-c3cnco3)ccc2nn1)C1CCC1. The summed E-state index contributed by atoms with van der Waals surface area (Å²) in [6.07, 6.45) is 6.65. The van der Waals surface area contributed by atoms with Crippen LogP contribution in [0.15, 0.2) is 41.3 Å². The Hall–Kier alpha value is -2.80. The standard InChI is InChI=1S/C18H19N5O2/c1-23(14-3-2-4-14)10-18(24)20-17-8-13-7-12(16-9-19-11-25-16)5-6-15(13)21-22-17/h5-9,11,14H,2-4,10H2,1H3,(H,20,22,24). The summed E-state index contributed by atoms with van der Waals surface area (Å²) in [4.78, 5) is 18.2. The summed E-state index contributed by atoms with van der Waals surface area (Å²) in [5.41, 5.74) is 1.66. The van der Waals surface area contributed by atoms with Crippen LogP contribution in [0.2, 0.25) is 0 Å². The Balaban J connectivity index is 1.50. The number of oxazole rings is 1. The van der Waals surface area contributed by atoms with E-state index in [4.69, 9.17) is 4.42 Å². The fourth-order valence-electron chi connectivity index (χ4n) is 2.98. The number of hydrogen-bond acceptors (Lipinski definition) is 6. The molecule has 0 aliphatic heterocycles. The quantitative estimate of drug-likeness (QED) is 0.770. The molecule has 2 aromatic heterocycles. The number of benzene rings is 1. The summed E-state index contributed by atoms with van der Waals surface area (Å²) >= 11 is 0. The molecule has 0 bridgehead atoms. The first-order chi connectivity index (χ1) is 12.2. The van der Waals surface area contributed by atoms with Gasteiger partial charge in [-0.05, 0) is 44.2 Å². The van der Waals surface area contributed by atoms with Crippen LogP contribution in [0.1, 0.15) is 19.3 Å². The van der Waals surface area contributed by atoms with E-state index in [1.165, 1.54) is 25.7 Å². The van der Waals surface area contributed by atoms with Gasteiger partial charge in [0.25, 0.3) is 0 Å². The minimum Gasteiger partial charge on any atom is -0.444 e. The first kappa shape index (κ1) is 15.7. The van der Waals surface area contributed by atoms with Crippen molar-refractivity contribution in [3.8, 4) is 11.3 Å². The van der Waals surface area contributed by atoms with Gasteiger partial charge in [0.05, 0.1) is 18.3 Å². The largest absolute Gasteiger partial charge is 0.444 e. The number of anilines is 1. The highest BCUT2D eigenvalue weighted by Gasteiger charge is 2.23. The predicted molar refractivity (Wildman–Crippen MR) is 93.9 cm³/mol. The lowest BCUT2D eigenvalue weighted by Crippen LogP contribution is -2.41. The van der Waals surface area contributed by atoms with E-state index in [1.54, 1.807) is 6.20 Å². The number of fused-ring (bicyclic) bond motifs is 1. The number of likely N-dealkylation sites (N-methyl/N-ethyl adjacent to an activating group) is 1. The van der Waals surface area contributed by atoms with E-state index in [2.05, 4.69) is 25.4 Å². The van der Waals surface area contributed by atoms with E-state index >= 15 is 0 Å². The zero-order valence-electron chi connectivity index (χ0n) is 14.0. The molecule has 0 saturated heterocycles. The third kappa shape index (κ3) is 3.36. The molecule has 128 valence electrons. The normalized spacial score (nSPS) is 14.6. The van der Waals surface area contributed by atoms with Gasteiger partial charge in [-0.2, -0.15) is 0 Å². The first-order valence-corrected chi connectivity index (χ1v) is 8.35. The molecule has 7 heteroatoms. The summed E-state index contributed by atoms with van der Waals surface area (Å²) < 4.78 is 5.32. The Morgan fingerprint density at radius 1 is 1.32 bits per heavy atom. The summed E-state index contributed by atoms with van der Waals surface area (Å²) in [6, 6.07) is 8.07. The van der Waals surface area contributed by atoms with E-state index < -0.39 is 0 Å². The number of amides is 1. The lowest BCUT2D eigenvalue weighted by molar-refractivity contribution is -0.117. The van der Waals surface area contributed by atoms with Crippen molar-refractivity contribution in [1.82, 2.24) is 20.1 Å². The van der Waals surface area contributed by atoms with E-state index in [0.29, 0.717) is 24.2 Å². The number of carbonyl (C=O) groups excluding carboxylic acids is 1. The van der Waals surface area contributed by atoms with Crippen LogP contribution in [-0.2, 0) is 4.79 Å². The molecule has 1 fully saturated rings. The van der Waals surface area contributed by atoms with Gasteiger partial charge in [0.2, 0.25) is 5.91 Å². The minimum absolute atomic E-state index is 0.0746. The highest BCUT2D eigenvalue weighted by atomic mass is 16.3. The zero-order chi connectivity index (χ0) is 17.2. The van der Waals surface area contributed by atoms with Gasteiger partial charge in [-0.25, -0.2) is 4.98 Å². The van der Waals surface area contributed by atoms with Crippen LogP contribution in [0.3, 0.4) is 0 Å². The molecule has 1 aliphatic carbocycles. The fraction of sp³-hybridized carbons (Fsp3) is 0.333. The number of nitrogens with zero attached hydrogens (tertiary/aromatic N) is 4. The lowest BCUT2D eigenvalue weighted by Gasteiger charge is -2.34. The van der Waals surface area contributed by atoms with Crippen LogP contribution < -0.4 is 5.32 Å². The third-order valence-electron chi connectivity index (χ3n) is 4.66. The molecule has 0 spiro atoms. The Kier molecular flexibility index (Phi) is 4.15. The van der Waals surface area contributed by atoms with E-state index in [-0.39, 0.29) is 5.91 Å². The van der Waals surface area contributed by atoms with Gasteiger partial charge in [-0.3, -0.25) is 9.69 Å². The van der Waals surface area contributed by atoms with Gasteiger partial charge in [0.1, 0.15) is 0 Å². The number of rotatable bonds is 5. The van der Waals surface area contributed by atoms with E-state index in [9.17, 15) is 4.79 Å². The molecule has 1 aliphatic rings. The van der Waals surface area contributed by atoms with E-state index in [0.717, 1.165) is 16.5 Å². The molecule has 7 nitrogen and oxygen atoms in total. The molecule has 0 unspecified atom stereocenters. The Morgan fingerprint density at radius 2 is 2.20 bits per heavy atom. The van der Waals surface area contributed by atoms with Gasteiger partial charge in [-0.15, -0.1) is 10.2 Å². The molecule has 1 aromatic carbocycles. The van der Waals surface area contributed by atoms with Gasteiger partial charge < -0.3 is 9.73 Å². The fourth-order valence-corrected chi connectivity index (χ4v) is 2.98. The van der Waals surface area contributed by atoms with Crippen molar-refractivity contribution in [2.24, 2.45) is 0 Å². The summed E-state index contributed by atoms with van der Waals surface area (Å²) in [5, 5.41) is 12.0. The molecule has 0 radical (unpaired) electrons. The Morgan fingerprint density at radius 3 is 2.92 bits per heavy atom. The van der Waals surface area contributed by atoms with Crippen LogP contribution in [-0.4, -0.2) is 45.6 Å². The van der Waals surface area contributed by atoms with Crippen LogP contribution in [0, 0.1) is 0 Å². The highest BCUT2D eigenvalue weighted by molar-refractivity contribution is 5.93. The minimum atomic E-state index is -0.0746. The lowest BCUT2D eigenvalue weighted by atomic mass is 9.92. The Bertz CT molecular complexity index is 890. The second-order valence-corrected chi connectivity index (χ2v) is 6.42. The van der Waals surface area contributed by atoms with Crippen LogP contribution in [0.4, 0.5) is 5.82 Å². The maximum Gasteiger partial charge on any atom is 0.239 e. The molecule has 1 saturated carbocycles. The van der Waals surface area contributed by atoms with Crippen molar-refractivity contribution >= 4 is 22.6 Å². The predicted octanol–water partition coefficient (Wildman–Crippen LogP) is 2.71. The van der Waals surface area contributed by atoms with Crippen molar-refractivity contribution in [2.45, 2.75) is 25.3 Å². The molecule has 1 amide bonds. The van der Waals surface area contributed by atoms with Crippen LogP contribution >= 0.6 is 0 Å². The number of aromatic nitrogens is 3. The summed E-state index contributed by atoms with van der Waals surface area (Å²) in [6.45, 7) is 0.364. The third-order valence-corrected chi connectivity index (χ3v) is 4.66. The number of carbonyl (C=O) groups is 1. The summed E-state index contributed by atoms with van der Waals surface area (Å²) in [5.74, 6) is 1.06. The smallest absolute Gasteiger partial charge is 0.239 e. The monoisotopic (exact) mass is 337 g/mol. The number of nitrogens with one attached hydrogen (secondary N) is 1. The van der Waals surface area contributed by atoms with Crippen molar-refractivity contribution in [2.75, 3.05) is 18.9 Å². The van der Waals surface area contributed by atoms with Gasteiger partial charge in [-0.1, -0.05) is 6.42 Å². The zero-order valence-corrected chi connectivity index (χ0v) is 14.0. The summed E-state index contributed by atoms with van der Waals surface area (Å²) in [7, 11) is 1.99. The molecule has 3 aromatic rings. The van der Waals surface area contributed by atoms with Crippen molar-refractivity contribution in [3.05, 3.63) is 36.9 Å². The molecule has 4 rings (SSSR count). The van der Waals surface area contributed by atoms with Gasteiger partial charge in [0, 0.05) is 17.0 Å². The number of hydrogen-bond donors (Lipinski definition) is 1. The molecule has 2 heterocycles. The second-order valence-electron chi connectivity index (χ2n) is 6.42. The topological polar surface area (TPSA) is 84.2 Å². The van der Waals surface area contributed by atoms with Crippen LogP contribution in [0.25, 0.3) is 22.2 Å². The first-order valence-electron chi connectivity index (χ1n) is 8.35. The van der Waals surface area contributed by atoms with Crippen molar-refractivity contribution in [1.29, 1.82) is 0 Å². The molecule has 1 N–H and O–H groups in total. The van der Waals surface area contributed by atoms with Crippen molar-refractivity contribution in [3.63, 3.8) is 0 Å². The van der Waals surface area contributed by atoms with Crippen molar-refractivity contribution < 1.29 is 9.21 Å². The average Bonchev–Trinajstić information content (AvgIpc) is 3.06. The van der Waals surface area contributed by atoms with E-state index in [1.807, 2.05) is 31.3 Å². The van der Waals surface area contributed by atoms with Gasteiger partial charge in [0.15, 0.2) is 18.0 Å². The molecule has 0 atom stereocenters. The highest BCUT2D eigenvalue weighted by Crippen LogP contribution is 2.25. The average molecular weight is 337 g/mol. The van der Waals surface area contributed by atoms with Crippen LogP contribution in [0.5, 0.6) is 0 Å². The second kappa shape index (κ2) is 6.60. The maximum absolute atomic E-state index is 12.2. The Labute approximate surface area is 145 Å². The molecular weight excluding hydrogens is 318 g/mol. The maximum atomic E-state index is 12.2. The molecular formula is C18H19N5O2. The molecule has 25 heavy (non-hydrogen) atoms.